The molecule has 3 aliphatic rings. The van der Waals surface area contributed by atoms with Crippen LogP contribution in [0.5, 0.6) is 11.5 Å². The number of carbonyl (C=O) groups excluding carboxylic acids is 1. The molecule has 1 amide bonds. The lowest BCUT2D eigenvalue weighted by Crippen LogP contribution is -2.55. The number of hydrogen-bond acceptors (Lipinski definition) is 6. The zero-order valence-electron chi connectivity index (χ0n) is 18.1. The number of rotatable bonds is 8. The SMILES string of the molecule is COc1cc(CN2CC3CCCN3C[C@@H]2CCO)ccc1OCC(=O)N1CCCC1. The summed E-state index contributed by atoms with van der Waals surface area (Å²) in [5, 5.41) is 9.53. The lowest BCUT2D eigenvalue weighted by Gasteiger charge is -2.43. The number of carbonyl (C=O) groups is 1. The van der Waals surface area contributed by atoms with Crippen LogP contribution in [0.3, 0.4) is 0 Å². The van der Waals surface area contributed by atoms with Crippen LogP contribution < -0.4 is 9.47 Å². The van der Waals surface area contributed by atoms with Crippen LogP contribution in [0, 0.1) is 0 Å². The molecule has 3 fully saturated rings. The Bertz CT molecular complexity index is 722. The first-order valence-corrected chi connectivity index (χ1v) is 11.3. The molecule has 3 aliphatic heterocycles. The largest absolute Gasteiger partial charge is 0.493 e. The predicted octanol–water partition coefficient (Wildman–Crippen LogP) is 1.73. The molecule has 0 aromatic heterocycles. The van der Waals surface area contributed by atoms with E-state index in [0.717, 1.165) is 52.0 Å². The zero-order valence-corrected chi connectivity index (χ0v) is 18.1. The van der Waals surface area contributed by atoms with Gasteiger partial charge in [-0.1, -0.05) is 6.07 Å². The van der Waals surface area contributed by atoms with Gasteiger partial charge in [0, 0.05) is 51.4 Å². The Morgan fingerprint density at radius 2 is 1.97 bits per heavy atom. The Kier molecular flexibility index (Phi) is 7.12. The summed E-state index contributed by atoms with van der Waals surface area (Å²) in [6.07, 6.45) is 5.51. The first-order chi connectivity index (χ1) is 14.7. The number of likely N-dealkylation sites (tertiary alicyclic amines) is 1. The highest BCUT2D eigenvalue weighted by Crippen LogP contribution is 2.31. The van der Waals surface area contributed by atoms with Gasteiger partial charge in [0.25, 0.3) is 5.91 Å². The minimum Gasteiger partial charge on any atom is -0.493 e. The van der Waals surface area contributed by atoms with Crippen molar-refractivity contribution in [2.45, 2.75) is 50.7 Å². The smallest absolute Gasteiger partial charge is 0.260 e. The molecule has 1 unspecified atom stereocenters. The van der Waals surface area contributed by atoms with E-state index in [0.29, 0.717) is 23.6 Å². The molecule has 0 aliphatic carbocycles. The van der Waals surface area contributed by atoms with Crippen molar-refractivity contribution >= 4 is 5.91 Å². The van der Waals surface area contributed by atoms with E-state index < -0.39 is 0 Å². The summed E-state index contributed by atoms with van der Waals surface area (Å²) in [6, 6.07) is 7.02. The number of hydrogen-bond donors (Lipinski definition) is 1. The van der Waals surface area contributed by atoms with E-state index in [1.165, 1.54) is 24.9 Å². The van der Waals surface area contributed by atoms with Gasteiger partial charge in [0.1, 0.15) is 0 Å². The van der Waals surface area contributed by atoms with E-state index in [1.54, 1.807) is 7.11 Å². The number of aliphatic hydroxyl groups excluding tert-OH is 1. The number of ether oxygens (including phenoxy) is 2. The van der Waals surface area contributed by atoms with E-state index in [9.17, 15) is 9.90 Å². The molecule has 1 aromatic rings. The molecule has 3 saturated heterocycles. The van der Waals surface area contributed by atoms with Crippen molar-refractivity contribution in [1.29, 1.82) is 0 Å². The third kappa shape index (κ3) is 4.90. The Morgan fingerprint density at radius 1 is 1.13 bits per heavy atom. The Balaban J connectivity index is 1.39. The number of piperazine rings is 1. The Hall–Kier alpha value is -1.83. The molecule has 30 heavy (non-hydrogen) atoms. The van der Waals surface area contributed by atoms with Crippen LogP contribution in [0.4, 0.5) is 0 Å². The van der Waals surface area contributed by atoms with Crippen LogP contribution in [-0.2, 0) is 11.3 Å². The molecule has 0 radical (unpaired) electrons. The minimum absolute atomic E-state index is 0.0416. The molecular formula is C23H35N3O4. The van der Waals surface area contributed by atoms with Crippen molar-refractivity contribution in [2.75, 3.05) is 53.0 Å². The average molecular weight is 418 g/mol. The highest BCUT2D eigenvalue weighted by atomic mass is 16.5. The summed E-state index contributed by atoms with van der Waals surface area (Å²) in [5.74, 6) is 1.32. The van der Waals surface area contributed by atoms with E-state index >= 15 is 0 Å². The van der Waals surface area contributed by atoms with E-state index in [1.807, 2.05) is 17.0 Å². The summed E-state index contributed by atoms with van der Waals surface area (Å²) in [6.45, 7) is 6.06. The number of amides is 1. The topological polar surface area (TPSA) is 65.5 Å². The van der Waals surface area contributed by atoms with Crippen molar-refractivity contribution in [1.82, 2.24) is 14.7 Å². The maximum absolute atomic E-state index is 12.3. The lowest BCUT2D eigenvalue weighted by molar-refractivity contribution is -0.132. The van der Waals surface area contributed by atoms with Crippen molar-refractivity contribution in [3.05, 3.63) is 23.8 Å². The summed E-state index contributed by atoms with van der Waals surface area (Å²) in [7, 11) is 1.64. The second-order valence-corrected chi connectivity index (χ2v) is 8.75. The van der Waals surface area contributed by atoms with Crippen molar-refractivity contribution in [3.63, 3.8) is 0 Å². The van der Waals surface area contributed by atoms with Gasteiger partial charge in [-0.05, 0) is 56.3 Å². The predicted molar refractivity (Wildman–Crippen MR) is 115 cm³/mol. The Morgan fingerprint density at radius 3 is 2.73 bits per heavy atom. The molecule has 0 bridgehead atoms. The molecular weight excluding hydrogens is 382 g/mol. The van der Waals surface area contributed by atoms with E-state index in [-0.39, 0.29) is 19.1 Å². The second-order valence-electron chi connectivity index (χ2n) is 8.75. The first kappa shape index (κ1) is 21.4. The van der Waals surface area contributed by atoms with Crippen LogP contribution in [0.25, 0.3) is 0 Å². The van der Waals surface area contributed by atoms with Gasteiger partial charge in [0.2, 0.25) is 0 Å². The normalized spacial score (nSPS) is 24.8. The van der Waals surface area contributed by atoms with Gasteiger partial charge in [-0.15, -0.1) is 0 Å². The molecule has 0 spiro atoms. The molecule has 166 valence electrons. The fourth-order valence-corrected chi connectivity index (χ4v) is 5.13. The number of fused-ring (bicyclic) bond motifs is 1. The minimum atomic E-state index is 0.0416. The molecule has 7 nitrogen and oxygen atoms in total. The maximum atomic E-state index is 12.3. The molecule has 1 N–H and O–H groups in total. The monoisotopic (exact) mass is 417 g/mol. The van der Waals surface area contributed by atoms with Crippen LogP contribution >= 0.6 is 0 Å². The van der Waals surface area contributed by atoms with Gasteiger partial charge in [-0.2, -0.15) is 0 Å². The molecule has 3 heterocycles. The number of benzene rings is 1. The fraction of sp³-hybridized carbons (Fsp3) is 0.696. The third-order valence-electron chi connectivity index (χ3n) is 6.79. The third-order valence-corrected chi connectivity index (χ3v) is 6.79. The van der Waals surface area contributed by atoms with Gasteiger partial charge in [0.05, 0.1) is 7.11 Å². The molecule has 2 atom stereocenters. The zero-order chi connectivity index (χ0) is 20.9. The van der Waals surface area contributed by atoms with E-state index in [4.69, 9.17) is 9.47 Å². The molecule has 1 aromatic carbocycles. The Labute approximate surface area is 179 Å². The van der Waals surface area contributed by atoms with E-state index in [2.05, 4.69) is 15.9 Å². The van der Waals surface area contributed by atoms with Crippen LogP contribution in [0.15, 0.2) is 18.2 Å². The summed E-state index contributed by atoms with van der Waals surface area (Å²) in [5.41, 5.74) is 1.17. The number of nitrogens with zero attached hydrogens (tertiary/aromatic N) is 3. The van der Waals surface area contributed by atoms with Crippen molar-refractivity contribution in [2.24, 2.45) is 0 Å². The van der Waals surface area contributed by atoms with Gasteiger partial charge in [-0.25, -0.2) is 0 Å². The lowest BCUT2D eigenvalue weighted by atomic mass is 10.0. The van der Waals surface area contributed by atoms with Crippen molar-refractivity contribution in [3.8, 4) is 11.5 Å². The number of methoxy groups -OCH3 is 1. The number of aliphatic hydroxyl groups is 1. The van der Waals surface area contributed by atoms with Gasteiger partial charge >= 0.3 is 0 Å². The summed E-state index contributed by atoms with van der Waals surface area (Å²) >= 11 is 0. The average Bonchev–Trinajstić information content (AvgIpc) is 3.44. The van der Waals surface area contributed by atoms with Crippen molar-refractivity contribution < 1.29 is 19.4 Å². The standard InChI is InChI=1S/C23H35N3O4/c1-29-22-13-18(6-7-21(22)30-17-23(28)24-9-2-3-10-24)14-26-16-19-5-4-11-25(19)15-20(26)8-12-27/h6-7,13,19-20,27H,2-5,8-12,14-17H2,1H3/t19?,20-/m0/s1. The quantitative estimate of drug-likeness (QED) is 0.695. The van der Waals surface area contributed by atoms with Gasteiger partial charge in [-0.3, -0.25) is 14.6 Å². The van der Waals surface area contributed by atoms with Crippen LogP contribution in [0.1, 0.15) is 37.7 Å². The molecule has 7 heteroatoms. The highest BCUT2D eigenvalue weighted by molar-refractivity contribution is 5.78. The highest BCUT2D eigenvalue weighted by Gasteiger charge is 2.35. The van der Waals surface area contributed by atoms with Crippen LogP contribution in [-0.4, -0.2) is 90.8 Å². The van der Waals surface area contributed by atoms with Crippen LogP contribution in [0.2, 0.25) is 0 Å². The maximum Gasteiger partial charge on any atom is 0.260 e. The molecule has 0 saturated carbocycles. The first-order valence-electron chi connectivity index (χ1n) is 11.3. The molecule has 4 rings (SSSR count). The summed E-state index contributed by atoms with van der Waals surface area (Å²) < 4.78 is 11.4. The summed E-state index contributed by atoms with van der Waals surface area (Å²) in [4.78, 5) is 19.2. The second kappa shape index (κ2) is 9.98. The van der Waals surface area contributed by atoms with Gasteiger partial charge in [0.15, 0.2) is 18.1 Å². The fourth-order valence-electron chi connectivity index (χ4n) is 5.13. The van der Waals surface area contributed by atoms with Gasteiger partial charge < -0.3 is 19.5 Å².